The lowest BCUT2D eigenvalue weighted by Gasteiger charge is -2.40. The first-order chi connectivity index (χ1) is 10.2. The van der Waals surface area contributed by atoms with Gasteiger partial charge < -0.3 is 15.4 Å². The third kappa shape index (κ3) is 4.19. The number of amides is 3. The molecule has 124 valence electrons. The molecule has 0 spiro atoms. The molecule has 1 saturated heterocycles. The van der Waals surface area contributed by atoms with Gasteiger partial charge in [0.25, 0.3) is 0 Å². The Hall–Kier alpha value is -1.63. The smallest absolute Gasteiger partial charge is 0.407 e. The maximum Gasteiger partial charge on any atom is 0.407 e. The number of piperidine rings is 1. The highest BCUT2D eigenvalue weighted by atomic mass is 16.6. The summed E-state index contributed by atoms with van der Waals surface area (Å²) in [4.78, 5) is 36.2. The molecule has 1 atom stereocenters. The minimum absolute atomic E-state index is 0.0744. The SMILES string of the molecule is CN1C(=O)CCC(NC2CC(NC(=O)OC(C)(C)C)C2)C1=O. The number of alkyl carbamates (subject to hydrolysis) is 1. The Bertz CT molecular complexity index is 466. The minimum Gasteiger partial charge on any atom is -0.444 e. The summed E-state index contributed by atoms with van der Waals surface area (Å²) in [5, 5.41) is 6.09. The van der Waals surface area contributed by atoms with Crippen molar-refractivity contribution in [1.82, 2.24) is 15.5 Å². The first-order valence-corrected chi connectivity index (χ1v) is 7.71. The summed E-state index contributed by atoms with van der Waals surface area (Å²) in [6, 6.07) is -0.0314. The number of ether oxygens (including phenoxy) is 1. The zero-order valence-corrected chi connectivity index (χ0v) is 13.6. The summed E-state index contributed by atoms with van der Waals surface area (Å²) in [6.45, 7) is 5.47. The van der Waals surface area contributed by atoms with Gasteiger partial charge in [-0.15, -0.1) is 0 Å². The Morgan fingerprint density at radius 3 is 2.45 bits per heavy atom. The van der Waals surface area contributed by atoms with Crippen LogP contribution in [0.1, 0.15) is 46.5 Å². The standard InChI is InChI=1S/C15H25N3O4/c1-15(2,3)22-14(21)17-10-7-9(8-10)16-11-5-6-12(19)18(4)13(11)20/h9-11,16H,5-8H2,1-4H3,(H,17,21). The highest BCUT2D eigenvalue weighted by Crippen LogP contribution is 2.23. The minimum atomic E-state index is -0.503. The van der Waals surface area contributed by atoms with E-state index in [0.29, 0.717) is 12.8 Å². The fourth-order valence-corrected chi connectivity index (χ4v) is 2.70. The van der Waals surface area contributed by atoms with Gasteiger partial charge in [-0.25, -0.2) is 4.79 Å². The monoisotopic (exact) mass is 311 g/mol. The normalized spacial score (nSPS) is 29.1. The van der Waals surface area contributed by atoms with Gasteiger partial charge >= 0.3 is 6.09 Å². The van der Waals surface area contributed by atoms with E-state index < -0.39 is 11.7 Å². The van der Waals surface area contributed by atoms with E-state index in [4.69, 9.17) is 4.74 Å². The molecule has 3 amide bonds. The Balaban J connectivity index is 1.70. The number of likely N-dealkylation sites (N-methyl/N-ethyl adjacent to an activating group) is 1. The van der Waals surface area contributed by atoms with Crippen LogP contribution in [-0.4, -0.2) is 53.6 Å². The molecule has 2 fully saturated rings. The number of rotatable bonds is 3. The molecule has 1 heterocycles. The molecular formula is C15H25N3O4. The van der Waals surface area contributed by atoms with E-state index in [1.165, 1.54) is 11.9 Å². The number of imide groups is 1. The summed E-state index contributed by atoms with van der Waals surface area (Å²) in [5.41, 5.74) is -0.503. The molecule has 1 aliphatic heterocycles. The second kappa shape index (κ2) is 6.24. The quantitative estimate of drug-likeness (QED) is 0.752. The molecule has 7 nitrogen and oxygen atoms in total. The van der Waals surface area contributed by atoms with Crippen LogP contribution in [0.2, 0.25) is 0 Å². The van der Waals surface area contributed by atoms with Gasteiger partial charge in [0.1, 0.15) is 5.60 Å². The summed E-state index contributed by atoms with van der Waals surface area (Å²) in [6.07, 6.45) is 2.06. The topological polar surface area (TPSA) is 87.7 Å². The molecule has 1 saturated carbocycles. The van der Waals surface area contributed by atoms with E-state index in [0.717, 1.165) is 12.8 Å². The van der Waals surface area contributed by atoms with Crippen molar-refractivity contribution in [2.75, 3.05) is 7.05 Å². The Morgan fingerprint density at radius 1 is 1.23 bits per heavy atom. The summed E-state index contributed by atoms with van der Waals surface area (Å²) >= 11 is 0. The maximum atomic E-state index is 12.0. The van der Waals surface area contributed by atoms with Gasteiger partial charge in [-0.1, -0.05) is 0 Å². The van der Waals surface area contributed by atoms with Crippen molar-refractivity contribution in [3.8, 4) is 0 Å². The Morgan fingerprint density at radius 2 is 1.86 bits per heavy atom. The van der Waals surface area contributed by atoms with Gasteiger partial charge in [0, 0.05) is 25.6 Å². The van der Waals surface area contributed by atoms with E-state index in [-0.39, 0.29) is 29.9 Å². The highest BCUT2D eigenvalue weighted by Gasteiger charge is 2.37. The van der Waals surface area contributed by atoms with Crippen LogP contribution in [0.5, 0.6) is 0 Å². The van der Waals surface area contributed by atoms with Crippen molar-refractivity contribution >= 4 is 17.9 Å². The van der Waals surface area contributed by atoms with Gasteiger partial charge in [0.05, 0.1) is 6.04 Å². The van der Waals surface area contributed by atoms with Gasteiger partial charge in [-0.3, -0.25) is 14.5 Å². The van der Waals surface area contributed by atoms with Crippen LogP contribution in [0, 0.1) is 0 Å². The van der Waals surface area contributed by atoms with Crippen molar-refractivity contribution in [3.05, 3.63) is 0 Å². The Labute approximate surface area is 130 Å². The molecular weight excluding hydrogens is 286 g/mol. The number of hydrogen-bond acceptors (Lipinski definition) is 5. The summed E-state index contributed by atoms with van der Waals surface area (Å²) < 4.78 is 5.20. The number of likely N-dealkylation sites (tertiary alicyclic amines) is 1. The highest BCUT2D eigenvalue weighted by molar-refractivity contribution is 6.00. The first kappa shape index (κ1) is 16.7. The second-order valence-corrected chi connectivity index (χ2v) is 7.06. The lowest BCUT2D eigenvalue weighted by Crippen LogP contribution is -2.59. The molecule has 22 heavy (non-hydrogen) atoms. The fraction of sp³-hybridized carbons (Fsp3) is 0.800. The predicted octanol–water partition coefficient (Wildman–Crippen LogP) is 0.779. The average Bonchev–Trinajstić information content (AvgIpc) is 2.34. The van der Waals surface area contributed by atoms with Crippen LogP contribution in [0.4, 0.5) is 4.79 Å². The maximum absolute atomic E-state index is 12.0. The lowest BCUT2D eigenvalue weighted by atomic mass is 9.85. The van der Waals surface area contributed by atoms with Crippen molar-refractivity contribution in [1.29, 1.82) is 0 Å². The summed E-state index contributed by atoms with van der Waals surface area (Å²) in [5.74, 6) is -0.291. The molecule has 0 radical (unpaired) electrons. The van der Waals surface area contributed by atoms with Crippen molar-refractivity contribution < 1.29 is 19.1 Å². The van der Waals surface area contributed by atoms with Crippen molar-refractivity contribution in [3.63, 3.8) is 0 Å². The molecule has 2 rings (SSSR count). The number of nitrogens with one attached hydrogen (secondary N) is 2. The zero-order chi connectivity index (χ0) is 16.5. The molecule has 7 heteroatoms. The van der Waals surface area contributed by atoms with E-state index in [1.807, 2.05) is 20.8 Å². The third-order valence-electron chi connectivity index (χ3n) is 3.95. The van der Waals surface area contributed by atoms with Gasteiger partial charge in [0.2, 0.25) is 11.8 Å². The number of hydrogen-bond donors (Lipinski definition) is 2. The molecule has 1 unspecified atom stereocenters. The number of nitrogens with zero attached hydrogens (tertiary/aromatic N) is 1. The second-order valence-electron chi connectivity index (χ2n) is 7.06. The molecule has 0 aromatic rings. The van der Waals surface area contributed by atoms with Crippen LogP contribution in [0.25, 0.3) is 0 Å². The molecule has 0 aromatic heterocycles. The van der Waals surface area contributed by atoms with Crippen LogP contribution >= 0.6 is 0 Å². The molecule has 2 aliphatic rings. The molecule has 1 aliphatic carbocycles. The Kier molecular flexibility index (Phi) is 4.75. The third-order valence-corrected chi connectivity index (χ3v) is 3.95. The van der Waals surface area contributed by atoms with Gasteiger partial charge in [-0.05, 0) is 40.0 Å². The average molecular weight is 311 g/mol. The number of carbonyl (C=O) groups excluding carboxylic acids is 3. The van der Waals surface area contributed by atoms with E-state index in [1.54, 1.807) is 0 Å². The predicted molar refractivity (Wildman–Crippen MR) is 80.1 cm³/mol. The molecule has 0 bridgehead atoms. The van der Waals surface area contributed by atoms with Crippen LogP contribution in [0.15, 0.2) is 0 Å². The molecule has 0 aromatic carbocycles. The van der Waals surface area contributed by atoms with E-state index >= 15 is 0 Å². The van der Waals surface area contributed by atoms with Crippen LogP contribution in [0.3, 0.4) is 0 Å². The fourth-order valence-electron chi connectivity index (χ4n) is 2.70. The zero-order valence-electron chi connectivity index (χ0n) is 13.6. The first-order valence-electron chi connectivity index (χ1n) is 7.71. The summed E-state index contributed by atoms with van der Waals surface area (Å²) in [7, 11) is 1.52. The van der Waals surface area contributed by atoms with Crippen LogP contribution in [-0.2, 0) is 14.3 Å². The largest absolute Gasteiger partial charge is 0.444 e. The molecule has 2 N–H and O–H groups in total. The van der Waals surface area contributed by atoms with E-state index in [9.17, 15) is 14.4 Å². The van der Waals surface area contributed by atoms with Gasteiger partial charge in [0.15, 0.2) is 0 Å². The van der Waals surface area contributed by atoms with E-state index in [2.05, 4.69) is 10.6 Å². The van der Waals surface area contributed by atoms with Crippen molar-refractivity contribution in [2.45, 2.75) is 70.2 Å². The van der Waals surface area contributed by atoms with Gasteiger partial charge in [-0.2, -0.15) is 0 Å². The number of carbonyl (C=O) groups is 3. The van der Waals surface area contributed by atoms with Crippen molar-refractivity contribution in [2.24, 2.45) is 0 Å². The lowest BCUT2D eigenvalue weighted by molar-refractivity contribution is -0.148. The van der Waals surface area contributed by atoms with Crippen LogP contribution < -0.4 is 10.6 Å².